The molecule has 0 bridgehead atoms. The van der Waals surface area contributed by atoms with Gasteiger partial charge in [-0.1, -0.05) is 42.8 Å². The van der Waals surface area contributed by atoms with Gasteiger partial charge in [-0.25, -0.2) is 4.98 Å². The van der Waals surface area contributed by atoms with Gasteiger partial charge in [0.2, 0.25) is 0 Å². The van der Waals surface area contributed by atoms with E-state index in [2.05, 4.69) is 29.4 Å². The highest BCUT2D eigenvalue weighted by atomic mass is 35.5. The summed E-state index contributed by atoms with van der Waals surface area (Å²) in [5.41, 5.74) is 3.51. The summed E-state index contributed by atoms with van der Waals surface area (Å²) in [6.07, 6.45) is 0.988. The Kier molecular flexibility index (Phi) is 6.07. The van der Waals surface area contributed by atoms with E-state index in [1.807, 2.05) is 23.6 Å². The van der Waals surface area contributed by atoms with Crippen molar-refractivity contribution in [3.8, 4) is 23.1 Å². The SMILES string of the molecule is CCc1ccc(-c2csc(NC(=O)COc3ccc(C#N)cc3Cl)n2)cc1. The van der Waals surface area contributed by atoms with Crippen molar-refractivity contribution in [1.29, 1.82) is 5.26 Å². The van der Waals surface area contributed by atoms with Gasteiger partial charge in [0.05, 0.1) is 22.3 Å². The zero-order chi connectivity index (χ0) is 19.2. The molecule has 2 aromatic carbocycles. The Labute approximate surface area is 166 Å². The number of benzene rings is 2. The first kappa shape index (κ1) is 18.9. The minimum absolute atomic E-state index is 0.203. The van der Waals surface area contributed by atoms with Gasteiger partial charge < -0.3 is 4.74 Å². The Bertz CT molecular complexity index is 993. The molecular formula is C20H16ClN3O2S. The molecule has 0 saturated carbocycles. The van der Waals surface area contributed by atoms with E-state index >= 15 is 0 Å². The van der Waals surface area contributed by atoms with Crippen molar-refractivity contribution in [2.45, 2.75) is 13.3 Å². The zero-order valence-electron chi connectivity index (χ0n) is 14.5. The molecule has 0 aliphatic heterocycles. The second-order valence-electron chi connectivity index (χ2n) is 5.68. The molecule has 0 saturated heterocycles. The standard InChI is InChI=1S/C20H16ClN3O2S/c1-2-13-3-6-15(7-4-13)17-12-27-20(23-17)24-19(25)11-26-18-8-5-14(10-22)9-16(18)21/h3-9,12H,2,11H2,1H3,(H,23,24,25). The Hall–Kier alpha value is -2.88. The number of thiazole rings is 1. The van der Waals surface area contributed by atoms with Crippen molar-refractivity contribution in [3.63, 3.8) is 0 Å². The first-order valence-corrected chi connectivity index (χ1v) is 9.52. The Morgan fingerprint density at radius 3 is 2.74 bits per heavy atom. The number of nitrogens with one attached hydrogen (secondary N) is 1. The number of hydrogen-bond donors (Lipinski definition) is 1. The summed E-state index contributed by atoms with van der Waals surface area (Å²) >= 11 is 7.38. The van der Waals surface area contributed by atoms with Crippen molar-refractivity contribution in [1.82, 2.24) is 4.98 Å². The van der Waals surface area contributed by atoms with Crippen LogP contribution in [0, 0.1) is 11.3 Å². The van der Waals surface area contributed by atoms with Crippen LogP contribution < -0.4 is 10.1 Å². The summed E-state index contributed by atoms with van der Waals surface area (Å²) < 4.78 is 5.41. The maximum absolute atomic E-state index is 12.1. The van der Waals surface area contributed by atoms with Gasteiger partial charge in [-0.05, 0) is 30.2 Å². The quantitative estimate of drug-likeness (QED) is 0.640. The van der Waals surface area contributed by atoms with Gasteiger partial charge in [-0.2, -0.15) is 5.26 Å². The molecule has 0 unspecified atom stereocenters. The van der Waals surface area contributed by atoms with Crippen LogP contribution >= 0.6 is 22.9 Å². The summed E-state index contributed by atoms with van der Waals surface area (Å²) in [5.74, 6) is 0.0133. The van der Waals surface area contributed by atoms with Crippen LogP contribution in [0.4, 0.5) is 5.13 Å². The van der Waals surface area contributed by atoms with Crippen LogP contribution in [0.1, 0.15) is 18.1 Å². The number of rotatable bonds is 6. The van der Waals surface area contributed by atoms with E-state index in [-0.39, 0.29) is 17.5 Å². The molecule has 3 aromatic rings. The van der Waals surface area contributed by atoms with Gasteiger partial charge in [0.1, 0.15) is 5.75 Å². The molecule has 0 aliphatic carbocycles. The summed E-state index contributed by atoms with van der Waals surface area (Å²) in [6, 6.07) is 14.8. The van der Waals surface area contributed by atoms with Crippen LogP contribution in [-0.4, -0.2) is 17.5 Å². The van der Waals surface area contributed by atoms with Crippen molar-refractivity contribution < 1.29 is 9.53 Å². The van der Waals surface area contributed by atoms with Gasteiger partial charge in [0, 0.05) is 10.9 Å². The van der Waals surface area contributed by atoms with Gasteiger partial charge in [-0.3, -0.25) is 10.1 Å². The number of aryl methyl sites for hydroxylation is 1. The first-order chi connectivity index (χ1) is 13.1. The number of hydrogen-bond acceptors (Lipinski definition) is 5. The second-order valence-corrected chi connectivity index (χ2v) is 6.95. The van der Waals surface area contributed by atoms with Crippen molar-refractivity contribution >= 4 is 34.0 Å². The monoisotopic (exact) mass is 397 g/mol. The number of carbonyl (C=O) groups excluding carboxylic acids is 1. The molecule has 1 amide bonds. The van der Waals surface area contributed by atoms with E-state index in [1.54, 1.807) is 12.1 Å². The van der Waals surface area contributed by atoms with E-state index in [9.17, 15) is 4.79 Å². The van der Waals surface area contributed by atoms with E-state index < -0.39 is 0 Å². The summed E-state index contributed by atoms with van der Waals surface area (Å²) in [5, 5.41) is 14.2. The third-order valence-electron chi connectivity index (χ3n) is 3.83. The second kappa shape index (κ2) is 8.67. The molecule has 0 atom stereocenters. The molecule has 3 rings (SSSR count). The molecule has 27 heavy (non-hydrogen) atoms. The first-order valence-electron chi connectivity index (χ1n) is 8.26. The molecule has 1 heterocycles. The van der Waals surface area contributed by atoms with Gasteiger partial charge >= 0.3 is 0 Å². The fourth-order valence-corrected chi connectivity index (χ4v) is 3.33. The number of aromatic nitrogens is 1. The Morgan fingerprint density at radius 1 is 1.30 bits per heavy atom. The normalized spacial score (nSPS) is 10.3. The summed E-state index contributed by atoms with van der Waals surface area (Å²) in [6.45, 7) is 1.91. The Morgan fingerprint density at radius 2 is 2.07 bits per heavy atom. The number of nitriles is 1. The number of carbonyl (C=O) groups is 1. The van der Waals surface area contributed by atoms with Gasteiger partial charge in [0.25, 0.3) is 5.91 Å². The minimum Gasteiger partial charge on any atom is -0.482 e. The summed E-state index contributed by atoms with van der Waals surface area (Å²) in [7, 11) is 0. The summed E-state index contributed by atoms with van der Waals surface area (Å²) in [4.78, 5) is 16.5. The third kappa shape index (κ3) is 4.85. The molecule has 1 N–H and O–H groups in total. The average Bonchev–Trinajstić information content (AvgIpc) is 3.15. The largest absolute Gasteiger partial charge is 0.482 e. The average molecular weight is 398 g/mol. The molecule has 0 fully saturated rings. The van der Waals surface area contributed by atoms with E-state index in [1.165, 1.54) is 23.0 Å². The molecule has 7 heteroatoms. The number of amides is 1. The lowest BCUT2D eigenvalue weighted by Crippen LogP contribution is -2.20. The van der Waals surface area contributed by atoms with Crippen LogP contribution in [0.25, 0.3) is 11.3 Å². The predicted octanol–water partition coefficient (Wildman–Crippen LogP) is 4.92. The molecular weight excluding hydrogens is 382 g/mol. The maximum atomic E-state index is 12.1. The lowest BCUT2D eigenvalue weighted by atomic mass is 10.1. The fraction of sp³-hybridized carbons (Fsp3) is 0.150. The molecule has 0 radical (unpaired) electrons. The fourth-order valence-electron chi connectivity index (χ4n) is 2.36. The number of ether oxygens (including phenoxy) is 1. The van der Waals surface area contributed by atoms with Crippen molar-refractivity contribution in [3.05, 3.63) is 64.0 Å². The van der Waals surface area contributed by atoms with Crippen LogP contribution in [0.2, 0.25) is 5.02 Å². The van der Waals surface area contributed by atoms with Crippen molar-refractivity contribution in [2.24, 2.45) is 0 Å². The number of halogens is 1. The lowest BCUT2D eigenvalue weighted by molar-refractivity contribution is -0.118. The van der Waals surface area contributed by atoms with Crippen LogP contribution in [-0.2, 0) is 11.2 Å². The van der Waals surface area contributed by atoms with E-state index in [0.717, 1.165) is 17.7 Å². The highest BCUT2D eigenvalue weighted by Gasteiger charge is 2.10. The smallest absolute Gasteiger partial charge is 0.264 e. The van der Waals surface area contributed by atoms with Gasteiger partial charge in [0.15, 0.2) is 11.7 Å². The topological polar surface area (TPSA) is 75.0 Å². The number of nitrogens with zero attached hydrogens (tertiary/aromatic N) is 2. The van der Waals surface area contributed by atoms with Crippen LogP contribution in [0.5, 0.6) is 5.75 Å². The van der Waals surface area contributed by atoms with Crippen LogP contribution in [0.15, 0.2) is 47.8 Å². The zero-order valence-corrected chi connectivity index (χ0v) is 16.1. The predicted molar refractivity (Wildman–Crippen MR) is 107 cm³/mol. The molecule has 5 nitrogen and oxygen atoms in total. The maximum Gasteiger partial charge on any atom is 0.264 e. The molecule has 0 aliphatic rings. The molecule has 136 valence electrons. The van der Waals surface area contributed by atoms with Crippen molar-refractivity contribution in [2.75, 3.05) is 11.9 Å². The third-order valence-corrected chi connectivity index (χ3v) is 4.88. The Balaban J connectivity index is 1.58. The molecule has 1 aromatic heterocycles. The van der Waals surface area contributed by atoms with Crippen LogP contribution in [0.3, 0.4) is 0 Å². The lowest BCUT2D eigenvalue weighted by Gasteiger charge is -2.07. The minimum atomic E-state index is -0.336. The van der Waals surface area contributed by atoms with E-state index in [4.69, 9.17) is 21.6 Å². The van der Waals surface area contributed by atoms with Gasteiger partial charge in [-0.15, -0.1) is 11.3 Å². The molecule has 0 spiro atoms. The number of anilines is 1. The van der Waals surface area contributed by atoms with E-state index in [0.29, 0.717) is 16.4 Å². The highest BCUT2D eigenvalue weighted by Crippen LogP contribution is 2.26. The highest BCUT2D eigenvalue weighted by molar-refractivity contribution is 7.14.